The maximum Gasteiger partial charge on any atom is 0.470 e. The van der Waals surface area contributed by atoms with Gasteiger partial charge in [-0.3, -0.25) is 4.52 Å². The van der Waals surface area contributed by atoms with Gasteiger partial charge in [0, 0.05) is 5.75 Å². The minimum atomic E-state index is -4.33. The quantitative estimate of drug-likeness (QED) is 0.528. The predicted octanol–water partition coefficient (Wildman–Crippen LogP) is 1.93. The van der Waals surface area contributed by atoms with Crippen LogP contribution in [0.4, 0.5) is 0 Å². The van der Waals surface area contributed by atoms with Crippen LogP contribution in [0.15, 0.2) is 0 Å². The van der Waals surface area contributed by atoms with E-state index in [4.69, 9.17) is 9.79 Å². The average molecular weight is 246 g/mol. The number of phosphoric ester groups is 1. The Balaban J connectivity index is 3.86. The summed E-state index contributed by atoms with van der Waals surface area (Å²) in [5.41, 5.74) is -0.407. The van der Waals surface area contributed by atoms with Gasteiger partial charge in [0.2, 0.25) is 0 Å². The first kappa shape index (κ1) is 13.8. The minimum absolute atomic E-state index is 0.407. The zero-order valence-corrected chi connectivity index (χ0v) is 10.2. The van der Waals surface area contributed by atoms with Gasteiger partial charge in [0.1, 0.15) is 5.44 Å². The Bertz CT molecular complexity index is 172. The Morgan fingerprint density at radius 3 is 2.38 bits per heavy atom. The van der Waals surface area contributed by atoms with E-state index in [1.807, 2.05) is 13.8 Å². The van der Waals surface area contributed by atoms with E-state index >= 15 is 0 Å². The molecule has 2 N–H and O–H groups in total. The van der Waals surface area contributed by atoms with Gasteiger partial charge in [-0.25, -0.2) is 4.57 Å². The fraction of sp³-hybridized carbons (Fsp3) is 1.00. The second-order valence-electron chi connectivity index (χ2n) is 2.14. The lowest BCUT2D eigenvalue weighted by molar-refractivity contribution is 0.193. The summed E-state index contributed by atoms with van der Waals surface area (Å²) < 4.78 is 15.1. The number of rotatable bonds is 7. The molecule has 0 aromatic heterocycles. The summed E-state index contributed by atoms with van der Waals surface area (Å²) in [5, 5.41) is 0. The molecular weight excluding hydrogens is 231 g/mol. The van der Waals surface area contributed by atoms with Crippen molar-refractivity contribution in [2.75, 3.05) is 17.3 Å². The zero-order valence-electron chi connectivity index (χ0n) is 7.67. The van der Waals surface area contributed by atoms with Crippen LogP contribution < -0.4 is 0 Å². The molecule has 1 atom stereocenters. The van der Waals surface area contributed by atoms with Gasteiger partial charge in [-0.05, 0) is 11.5 Å². The molecule has 0 amide bonds. The monoisotopic (exact) mass is 246 g/mol. The van der Waals surface area contributed by atoms with Crippen molar-refractivity contribution in [3.63, 3.8) is 0 Å². The van der Waals surface area contributed by atoms with Crippen molar-refractivity contribution < 1.29 is 18.9 Å². The summed E-state index contributed by atoms with van der Waals surface area (Å²) in [6.07, 6.45) is 0. The summed E-state index contributed by atoms with van der Waals surface area (Å²) in [6, 6.07) is 0. The average Bonchev–Trinajstić information content (AvgIpc) is 1.98. The Kier molecular flexibility index (Phi) is 7.59. The molecule has 7 heteroatoms. The van der Waals surface area contributed by atoms with E-state index in [0.29, 0.717) is 5.75 Å². The highest BCUT2D eigenvalue weighted by molar-refractivity contribution is 8.03. The van der Waals surface area contributed by atoms with Crippen LogP contribution >= 0.6 is 31.3 Å². The van der Waals surface area contributed by atoms with Gasteiger partial charge in [-0.2, -0.15) is 11.8 Å². The van der Waals surface area contributed by atoms with Crippen molar-refractivity contribution in [1.82, 2.24) is 0 Å². The fourth-order valence-electron chi connectivity index (χ4n) is 0.662. The van der Waals surface area contributed by atoms with E-state index < -0.39 is 13.3 Å². The van der Waals surface area contributed by atoms with Crippen LogP contribution in [0.3, 0.4) is 0 Å². The first-order valence-corrected chi connectivity index (χ1v) is 7.66. The van der Waals surface area contributed by atoms with Crippen LogP contribution in [0.2, 0.25) is 0 Å². The van der Waals surface area contributed by atoms with Crippen molar-refractivity contribution in [3.05, 3.63) is 0 Å². The molecule has 0 aromatic rings. The van der Waals surface area contributed by atoms with Gasteiger partial charge in [-0.15, -0.1) is 11.8 Å². The fourth-order valence-corrected chi connectivity index (χ4v) is 3.27. The van der Waals surface area contributed by atoms with Crippen molar-refractivity contribution in [3.8, 4) is 0 Å². The molecule has 0 heterocycles. The first-order valence-electron chi connectivity index (χ1n) is 3.93. The molecule has 80 valence electrons. The molecule has 0 aliphatic carbocycles. The third-order valence-corrected chi connectivity index (χ3v) is 3.86. The molecule has 0 fully saturated rings. The van der Waals surface area contributed by atoms with E-state index in [9.17, 15) is 4.57 Å². The SMILES string of the molecule is CCSCC(OP(=O)(O)O)SCC. The number of hydrogen-bond acceptors (Lipinski definition) is 4. The van der Waals surface area contributed by atoms with Gasteiger partial charge in [0.05, 0.1) is 0 Å². The summed E-state index contributed by atoms with van der Waals surface area (Å²) in [7, 11) is -4.33. The van der Waals surface area contributed by atoms with E-state index in [0.717, 1.165) is 11.5 Å². The Morgan fingerprint density at radius 2 is 2.00 bits per heavy atom. The van der Waals surface area contributed by atoms with Crippen molar-refractivity contribution in [2.45, 2.75) is 19.3 Å². The van der Waals surface area contributed by atoms with E-state index in [-0.39, 0.29) is 0 Å². The van der Waals surface area contributed by atoms with Crippen LogP contribution in [0.5, 0.6) is 0 Å². The molecule has 0 bridgehead atoms. The number of phosphoric acid groups is 1. The molecule has 1 unspecified atom stereocenters. The molecular formula is C6H15O4PS2. The Morgan fingerprint density at radius 1 is 1.38 bits per heavy atom. The minimum Gasteiger partial charge on any atom is -0.303 e. The molecule has 0 saturated carbocycles. The van der Waals surface area contributed by atoms with Crippen LogP contribution in [0.1, 0.15) is 13.8 Å². The van der Waals surface area contributed by atoms with Gasteiger partial charge in [0.25, 0.3) is 0 Å². The maximum absolute atomic E-state index is 10.5. The summed E-state index contributed by atoms with van der Waals surface area (Å²) in [6.45, 7) is 3.92. The lowest BCUT2D eigenvalue weighted by atomic mass is 10.9. The van der Waals surface area contributed by atoms with Crippen LogP contribution in [-0.4, -0.2) is 32.5 Å². The van der Waals surface area contributed by atoms with Crippen LogP contribution in [-0.2, 0) is 9.09 Å². The molecule has 0 aromatic carbocycles. The zero-order chi connectivity index (χ0) is 10.3. The third kappa shape index (κ3) is 9.12. The van der Waals surface area contributed by atoms with Crippen molar-refractivity contribution in [1.29, 1.82) is 0 Å². The predicted molar refractivity (Wildman–Crippen MR) is 58.0 cm³/mol. The largest absolute Gasteiger partial charge is 0.470 e. The van der Waals surface area contributed by atoms with Crippen molar-refractivity contribution >= 4 is 31.3 Å². The lowest BCUT2D eigenvalue weighted by Gasteiger charge is -2.16. The van der Waals surface area contributed by atoms with Crippen LogP contribution in [0.25, 0.3) is 0 Å². The molecule has 0 aliphatic heterocycles. The second-order valence-corrected chi connectivity index (χ2v) is 6.09. The smallest absolute Gasteiger partial charge is 0.303 e. The lowest BCUT2D eigenvalue weighted by Crippen LogP contribution is -2.10. The normalized spacial score (nSPS) is 14.5. The Labute approximate surface area is 87.1 Å². The maximum atomic E-state index is 10.5. The van der Waals surface area contributed by atoms with E-state index in [2.05, 4.69) is 4.52 Å². The molecule has 0 spiro atoms. The number of thioether (sulfide) groups is 2. The third-order valence-electron chi connectivity index (χ3n) is 1.07. The highest BCUT2D eigenvalue weighted by Gasteiger charge is 2.21. The molecule has 0 saturated heterocycles. The van der Waals surface area contributed by atoms with Gasteiger partial charge in [-0.1, -0.05) is 13.8 Å². The topological polar surface area (TPSA) is 66.8 Å². The van der Waals surface area contributed by atoms with Crippen LogP contribution in [0, 0.1) is 0 Å². The second kappa shape index (κ2) is 7.15. The summed E-state index contributed by atoms with van der Waals surface area (Å²) in [5.74, 6) is 2.32. The van der Waals surface area contributed by atoms with E-state index in [1.165, 1.54) is 11.8 Å². The summed E-state index contributed by atoms with van der Waals surface area (Å²) >= 11 is 3.02. The first-order chi connectivity index (χ1) is 5.99. The molecule has 0 aliphatic rings. The van der Waals surface area contributed by atoms with Gasteiger partial charge >= 0.3 is 7.82 Å². The standard InChI is InChI=1S/C6H15O4PS2/c1-3-12-5-6(13-4-2)10-11(7,8)9/h6H,3-5H2,1-2H3,(H2,7,8,9). The van der Waals surface area contributed by atoms with Crippen molar-refractivity contribution in [2.24, 2.45) is 0 Å². The molecule has 13 heavy (non-hydrogen) atoms. The highest BCUT2D eigenvalue weighted by Crippen LogP contribution is 2.40. The van der Waals surface area contributed by atoms with Gasteiger partial charge in [0.15, 0.2) is 0 Å². The number of hydrogen-bond donors (Lipinski definition) is 2. The van der Waals surface area contributed by atoms with E-state index in [1.54, 1.807) is 11.8 Å². The molecule has 0 rings (SSSR count). The molecule has 0 radical (unpaired) electrons. The highest BCUT2D eigenvalue weighted by atomic mass is 32.2. The Hall–Kier alpha value is 0.810. The summed E-state index contributed by atoms with van der Waals surface area (Å²) in [4.78, 5) is 17.2. The van der Waals surface area contributed by atoms with Gasteiger partial charge < -0.3 is 9.79 Å². The molecule has 4 nitrogen and oxygen atoms in total.